The molecule has 2 nitrogen and oxygen atoms in total. The summed E-state index contributed by atoms with van der Waals surface area (Å²) >= 11 is 0. The van der Waals surface area contributed by atoms with Gasteiger partial charge < -0.3 is 11.1 Å². The maximum absolute atomic E-state index is 13.2. The summed E-state index contributed by atoms with van der Waals surface area (Å²) in [5.41, 5.74) is 5.85. The molecule has 4 heteroatoms. The number of nitrogens with one attached hydrogen (secondary N) is 1. The van der Waals surface area contributed by atoms with Gasteiger partial charge in [-0.2, -0.15) is 0 Å². The molecule has 0 saturated carbocycles. The second kappa shape index (κ2) is 4.68. The predicted molar refractivity (Wildman–Crippen MR) is 56.3 cm³/mol. The second-order valence-electron chi connectivity index (χ2n) is 4.33. The van der Waals surface area contributed by atoms with Crippen molar-refractivity contribution < 1.29 is 8.78 Å². The van der Waals surface area contributed by atoms with Gasteiger partial charge in [-0.05, 0) is 19.9 Å². The van der Waals surface area contributed by atoms with Gasteiger partial charge in [0, 0.05) is 30.3 Å². The Morgan fingerprint density at radius 1 is 1.33 bits per heavy atom. The lowest BCUT2D eigenvalue weighted by molar-refractivity contribution is 0.461. The maximum Gasteiger partial charge on any atom is 0.130 e. The first-order chi connectivity index (χ1) is 6.88. The number of halogens is 2. The van der Waals surface area contributed by atoms with E-state index in [-0.39, 0.29) is 5.54 Å². The van der Waals surface area contributed by atoms with Crippen molar-refractivity contribution >= 4 is 0 Å². The van der Waals surface area contributed by atoms with E-state index in [4.69, 9.17) is 5.73 Å². The van der Waals surface area contributed by atoms with Gasteiger partial charge in [0.15, 0.2) is 0 Å². The molecule has 0 radical (unpaired) electrons. The van der Waals surface area contributed by atoms with E-state index in [1.807, 2.05) is 13.8 Å². The third-order valence-electron chi connectivity index (χ3n) is 1.91. The molecule has 15 heavy (non-hydrogen) atoms. The van der Waals surface area contributed by atoms with Gasteiger partial charge in [-0.15, -0.1) is 0 Å². The summed E-state index contributed by atoms with van der Waals surface area (Å²) in [6.45, 7) is 4.68. The molecular formula is C11H16F2N2. The van der Waals surface area contributed by atoms with Crippen LogP contribution in [0.1, 0.15) is 19.4 Å². The lowest BCUT2D eigenvalue weighted by Gasteiger charge is -2.19. The lowest BCUT2D eigenvalue weighted by Crippen LogP contribution is -2.42. The first-order valence-electron chi connectivity index (χ1n) is 4.82. The van der Waals surface area contributed by atoms with Crippen LogP contribution in [0.25, 0.3) is 0 Å². The van der Waals surface area contributed by atoms with Gasteiger partial charge in [0.25, 0.3) is 0 Å². The molecule has 0 bridgehead atoms. The molecule has 0 aliphatic carbocycles. The van der Waals surface area contributed by atoms with Crippen molar-refractivity contribution in [2.45, 2.75) is 25.9 Å². The van der Waals surface area contributed by atoms with E-state index in [9.17, 15) is 8.78 Å². The Labute approximate surface area is 88.5 Å². The van der Waals surface area contributed by atoms with Crippen LogP contribution < -0.4 is 11.1 Å². The Bertz CT molecular complexity index is 332. The highest BCUT2D eigenvalue weighted by molar-refractivity contribution is 5.18. The fraction of sp³-hybridized carbons (Fsp3) is 0.455. The zero-order valence-electron chi connectivity index (χ0n) is 8.98. The van der Waals surface area contributed by atoms with E-state index in [0.29, 0.717) is 18.7 Å². The van der Waals surface area contributed by atoms with Crippen molar-refractivity contribution in [3.63, 3.8) is 0 Å². The largest absolute Gasteiger partial charge is 0.324 e. The molecule has 1 aromatic carbocycles. The molecule has 1 rings (SSSR count). The number of benzene rings is 1. The second-order valence-corrected chi connectivity index (χ2v) is 4.33. The van der Waals surface area contributed by atoms with Gasteiger partial charge in [0.2, 0.25) is 0 Å². The molecular weight excluding hydrogens is 198 g/mol. The van der Waals surface area contributed by atoms with Crippen LogP contribution in [0.15, 0.2) is 18.2 Å². The molecule has 0 aliphatic rings. The average Bonchev–Trinajstić information content (AvgIpc) is 2.07. The predicted octanol–water partition coefficient (Wildman–Crippen LogP) is 1.79. The van der Waals surface area contributed by atoms with Crippen molar-refractivity contribution in [2.24, 2.45) is 5.73 Å². The number of hydrogen-bond acceptors (Lipinski definition) is 2. The molecule has 0 aliphatic heterocycles. The van der Waals surface area contributed by atoms with E-state index in [0.717, 1.165) is 6.07 Å². The van der Waals surface area contributed by atoms with Crippen molar-refractivity contribution in [1.29, 1.82) is 0 Å². The van der Waals surface area contributed by atoms with Crippen LogP contribution >= 0.6 is 0 Å². The number of rotatable bonds is 4. The van der Waals surface area contributed by atoms with Crippen LogP contribution in [-0.4, -0.2) is 12.1 Å². The monoisotopic (exact) mass is 214 g/mol. The van der Waals surface area contributed by atoms with Gasteiger partial charge in [0.1, 0.15) is 11.6 Å². The van der Waals surface area contributed by atoms with Crippen LogP contribution in [-0.2, 0) is 6.54 Å². The Balaban J connectivity index is 2.51. The summed E-state index contributed by atoms with van der Waals surface area (Å²) in [4.78, 5) is 0. The normalized spacial score (nSPS) is 11.8. The zero-order chi connectivity index (χ0) is 11.5. The maximum atomic E-state index is 13.2. The molecule has 0 amide bonds. The third kappa shape index (κ3) is 4.36. The topological polar surface area (TPSA) is 38.0 Å². The average molecular weight is 214 g/mol. The standard InChI is InChI=1S/C11H16F2N2/c1-11(2,14)7-15-6-8-3-4-9(12)5-10(8)13/h3-5,15H,6-7,14H2,1-2H3. The quantitative estimate of drug-likeness (QED) is 0.802. The Hall–Kier alpha value is -1.00. The summed E-state index contributed by atoms with van der Waals surface area (Å²) in [5, 5.41) is 3.01. The van der Waals surface area contributed by atoms with E-state index >= 15 is 0 Å². The summed E-state index contributed by atoms with van der Waals surface area (Å²) in [6, 6.07) is 3.56. The molecule has 0 aromatic heterocycles. The van der Waals surface area contributed by atoms with E-state index in [1.165, 1.54) is 12.1 Å². The molecule has 1 aromatic rings. The highest BCUT2D eigenvalue weighted by Crippen LogP contribution is 2.09. The Morgan fingerprint density at radius 2 is 2.00 bits per heavy atom. The van der Waals surface area contributed by atoms with Crippen LogP contribution in [0.4, 0.5) is 8.78 Å². The number of hydrogen-bond donors (Lipinski definition) is 2. The van der Waals surface area contributed by atoms with Crippen LogP contribution in [0.3, 0.4) is 0 Å². The van der Waals surface area contributed by atoms with Gasteiger partial charge in [-0.25, -0.2) is 8.78 Å². The third-order valence-corrected chi connectivity index (χ3v) is 1.91. The molecule has 0 atom stereocenters. The molecule has 0 fully saturated rings. The molecule has 3 N–H and O–H groups in total. The minimum Gasteiger partial charge on any atom is -0.324 e. The van der Waals surface area contributed by atoms with Crippen molar-refractivity contribution in [3.8, 4) is 0 Å². The summed E-state index contributed by atoms with van der Waals surface area (Å²) in [6.07, 6.45) is 0. The van der Waals surface area contributed by atoms with Crippen molar-refractivity contribution in [3.05, 3.63) is 35.4 Å². The summed E-state index contributed by atoms with van der Waals surface area (Å²) in [5.74, 6) is -1.09. The van der Waals surface area contributed by atoms with E-state index in [1.54, 1.807) is 0 Å². The zero-order valence-corrected chi connectivity index (χ0v) is 8.98. The molecule has 0 unspecified atom stereocenters. The summed E-state index contributed by atoms with van der Waals surface area (Å²) in [7, 11) is 0. The first-order valence-corrected chi connectivity index (χ1v) is 4.82. The highest BCUT2D eigenvalue weighted by atomic mass is 19.1. The van der Waals surface area contributed by atoms with Crippen LogP contribution in [0.2, 0.25) is 0 Å². The van der Waals surface area contributed by atoms with Crippen molar-refractivity contribution in [1.82, 2.24) is 5.32 Å². The van der Waals surface area contributed by atoms with Gasteiger partial charge >= 0.3 is 0 Å². The van der Waals surface area contributed by atoms with Gasteiger partial charge in [0.05, 0.1) is 0 Å². The minimum atomic E-state index is -0.560. The Kier molecular flexibility index (Phi) is 3.77. The fourth-order valence-electron chi connectivity index (χ4n) is 1.18. The molecule has 0 spiro atoms. The SMILES string of the molecule is CC(C)(N)CNCc1ccc(F)cc1F. The number of nitrogens with two attached hydrogens (primary N) is 1. The molecule has 0 heterocycles. The van der Waals surface area contributed by atoms with Crippen molar-refractivity contribution in [2.75, 3.05) is 6.54 Å². The van der Waals surface area contributed by atoms with Crippen LogP contribution in [0, 0.1) is 11.6 Å². The Morgan fingerprint density at radius 3 is 2.53 bits per heavy atom. The van der Waals surface area contributed by atoms with Gasteiger partial charge in [-0.3, -0.25) is 0 Å². The lowest BCUT2D eigenvalue weighted by atomic mass is 10.1. The molecule has 84 valence electrons. The smallest absolute Gasteiger partial charge is 0.130 e. The first kappa shape index (κ1) is 12.1. The summed E-state index contributed by atoms with van der Waals surface area (Å²) < 4.78 is 25.7. The van der Waals surface area contributed by atoms with Gasteiger partial charge in [-0.1, -0.05) is 6.07 Å². The fourth-order valence-corrected chi connectivity index (χ4v) is 1.18. The minimum absolute atomic E-state index is 0.337. The van der Waals surface area contributed by atoms with E-state index in [2.05, 4.69) is 5.32 Å². The van der Waals surface area contributed by atoms with Crippen LogP contribution in [0.5, 0.6) is 0 Å². The van der Waals surface area contributed by atoms with E-state index < -0.39 is 11.6 Å². The molecule has 0 saturated heterocycles. The highest BCUT2D eigenvalue weighted by Gasteiger charge is 2.10.